The first-order valence-electron chi connectivity index (χ1n) is 9.41. The average molecular weight is 344 g/mol. The number of rotatable bonds is 2. The van der Waals surface area contributed by atoms with Crippen molar-refractivity contribution in [3.05, 3.63) is 30.1 Å². The number of piperidine rings is 1. The molecule has 3 aliphatic rings. The summed E-state index contributed by atoms with van der Waals surface area (Å²) in [6, 6.07) is 4.14. The van der Waals surface area contributed by atoms with Gasteiger partial charge >= 0.3 is 0 Å². The molecular weight excluding hydrogens is 316 g/mol. The summed E-state index contributed by atoms with van der Waals surface area (Å²) in [6.07, 6.45) is 6.38. The van der Waals surface area contributed by atoms with Gasteiger partial charge in [0.1, 0.15) is 0 Å². The van der Waals surface area contributed by atoms with Crippen LogP contribution in [0.2, 0.25) is 0 Å². The summed E-state index contributed by atoms with van der Waals surface area (Å²) in [5.41, 5.74) is 0.719. The van der Waals surface area contributed by atoms with Crippen LogP contribution >= 0.6 is 0 Å². The van der Waals surface area contributed by atoms with Gasteiger partial charge in [-0.3, -0.25) is 14.7 Å². The molecule has 6 nitrogen and oxygen atoms in total. The van der Waals surface area contributed by atoms with Gasteiger partial charge in [0.15, 0.2) is 0 Å². The fourth-order valence-corrected chi connectivity index (χ4v) is 4.38. The van der Waals surface area contributed by atoms with Crippen LogP contribution in [0.4, 0.5) is 0 Å². The van der Waals surface area contributed by atoms with E-state index in [1.807, 2.05) is 4.90 Å². The highest BCUT2D eigenvalue weighted by Gasteiger charge is 2.45. The number of likely N-dealkylation sites (tertiary alicyclic amines) is 1. The quantitative estimate of drug-likeness (QED) is 0.804. The fourth-order valence-electron chi connectivity index (χ4n) is 4.38. The van der Waals surface area contributed by atoms with Crippen molar-refractivity contribution in [3.63, 3.8) is 0 Å². The van der Waals surface area contributed by atoms with Crippen LogP contribution in [0, 0.1) is 0 Å². The van der Waals surface area contributed by atoms with Gasteiger partial charge in [0.05, 0.1) is 12.2 Å². The minimum atomic E-state index is -0.0109. The Hall–Kier alpha value is -1.50. The standard InChI is InChI=1S/C19H28N4O2/c1-21-10-12-22(13-11-21)17-14-19(25-15-17)4-8-23(9-5-19)18(24)16-2-6-20-7-3-16/h2-3,6-7,17H,4-5,8-15H2,1H3/t17-/m0/s1. The molecule has 6 heteroatoms. The largest absolute Gasteiger partial charge is 0.373 e. The van der Waals surface area contributed by atoms with Crippen LogP contribution in [-0.2, 0) is 4.74 Å². The number of aromatic nitrogens is 1. The number of carbonyl (C=O) groups excluding carboxylic acids is 1. The predicted octanol–water partition coefficient (Wildman–Crippen LogP) is 1.09. The maximum Gasteiger partial charge on any atom is 0.253 e. The number of hydrogen-bond acceptors (Lipinski definition) is 5. The molecule has 0 bridgehead atoms. The summed E-state index contributed by atoms with van der Waals surface area (Å²) in [7, 11) is 2.19. The first kappa shape index (κ1) is 16.9. The Labute approximate surface area is 149 Å². The van der Waals surface area contributed by atoms with Gasteiger partial charge in [-0.15, -0.1) is 0 Å². The zero-order chi connectivity index (χ0) is 17.3. The molecule has 136 valence electrons. The van der Waals surface area contributed by atoms with Crippen molar-refractivity contribution in [3.8, 4) is 0 Å². The Morgan fingerprint density at radius 2 is 1.80 bits per heavy atom. The maximum absolute atomic E-state index is 12.6. The predicted molar refractivity (Wildman–Crippen MR) is 95.5 cm³/mol. The lowest BCUT2D eigenvalue weighted by molar-refractivity contribution is -0.0395. The summed E-state index contributed by atoms with van der Waals surface area (Å²) in [6.45, 7) is 7.02. The van der Waals surface area contributed by atoms with E-state index in [0.717, 1.165) is 70.7 Å². The van der Waals surface area contributed by atoms with E-state index in [-0.39, 0.29) is 11.5 Å². The minimum absolute atomic E-state index is 0.0109. The molecule has 0 aromatic carbocycles. The van der Waals surface area contributed by atoms with Gasteiger partial charge in [-0.2, -0.15) is 0 Å². The Kier molecular flexibility index (Phi) is 4.75. The third-order valence-electron chi connectivity index (χ3n) is 6.13. The lowest BCUT2D eigenvalue weighted by atomic mass is 9.86. The molecule has 1 spiro atoms. The number of amides is 1. The number of pyridine rings is 1. The third kappa shape index (κ3) is 3.57. The highest BCUT2D eigenvalue weighted by Crippen LogP contribution is 2.38. The molecule has 0 aliphatic carbocycles. The maximum atomic E-state index is 12.6. The molecule has 4 rings (SSSR count). The molecule has 1 aromatic heterocycles. The second-order valence-corrected chi connectivity index (χ2v) is 7.72. The molecule has 4 heterocycles. The molecule has 3 saturated heterocycles. The van der Waals surface area contributed by atoms with Gasteiger partial charge in [-0.25, -0.2) is 0 Å². The van der Waals surface area contributed by atoms with Crippen molar-refractivity contribution >= 4 is 5.91 Å². The molecule has 0 unspecified atom stereocenters. The van der Waals surface area contributed by atoms with E-state index in [1.54, 1.807) is 24.5 Å². The molecule has 25 heavy (non-hydrogen) atoms. The lowest BCUT2D eigenvalue weighted by Crippen LogP contribution is -2.50. The van der Waals surface area contributed by atoms with E-state index in [4.69, 9.17) is 4.74 Å². The zero-order valence-electron chi connectivity index (χ0n) is 15.1. The minimum Gasteiger partial charge on any atom is -0.373 e. The van der Waals surface area contributed by atoms with Gasteiger partial charge in [0.2, 0.25) is 0 Å². The van der Waals surface area contributed by atoms with Crippen LogP contribution in [0.1, 0.15) is 29.6 Å². The van der Waals surface area contributed by atoms with E-state index in [2.05, 4.69) is 21.8 Å². The van der Waals surface area contributed by atoms with Gasteiger partial charge in [0, 0.05) is 63.3 Å². The molecular formula is C19H28N4O2. The summed E-state index contributed by atoms with van der Waals surface area (Å²) in [5.74, 6) is 0.117. The van der Waals surface area contributed by atoms with Crippen LogP contribution in [0.25, 0.3) is 0 Å². The van der Waals surface area contributed by atoms with Gasteiger partial charge in [0.25, 0.3) is 5.91 Å². The van der Waals surface area contributed by atoms with Crippen LogP contribution in [0.3, 0.4) is 0 Å². The number of hydrogen-bond donors (Lipinski definition) is 0. The molecule has 1 amide bonds. The lowest BCUT2D eigenvalue weighted by Gasteiger charge is -2.40. The van der Waals surface area contributed by atoms with Gasteiger partial charge in [-0.05, 0) is 38.4 Å². The number of ether oxygens (including phenoxy) is 1. The molecule has 1 aromatic rings. The van der Waals surface area contributed by atoms with Crippen LogP contribution in [0.15, 0.2) is 24.5 Å². The molecule has 1 atom stereocenters. The Bertz CT molecular complexity index is 593. The molecule has 3 aliphatic heterocycles. The average Bonchev–Trinajstić information content (AvgIpc) is 3.07. The van der Waals surface area contributed by atoms with E-state index >= 15 is 0 Å². The Morgan fingerprint density at radius 1 is 1.12 bits per heavy atom. The van der Waals surface area contributed by atoms with E-state index in [1.165, 1.54) is 0 Å². The molecule has 0 radical (unpaired) electrons. The third-order valence-corrected chi connectivity index (χ3v) is 6.13. The monoisotopic (exact) mass is 344 g/mol. The number of piperazine rings is 1. The zero-order valence-corrected chi connectivity index (χ0v) is 15.1. The normalized spacial score (nSPS) is 27.7. The Morgan fingerprint density at radius 3 is 2.48 bits per heavy atom. The molecule has 0 saturated carbocycles. The number of nitrogens with zero attached hydrogens (tertiary/aromatic N) is 4. The SMILES string of the molecule is CN1CCN([C@@H]2COC3(CCN(C(=O)c4ccncc4)CC3)C2)CC1. The number of likely N-dealkylation sites (N-methyl/N-ethyl adjacent to an activating group) is 1. The molecule has 3 fully saturated rings. The van der Waals surface area contributed by atoms with Crippen molar-refractivity contribution in [2.75, 3.05) is 52.9 Å². The highest BCUT2D eigenvalue weighted by atomic mass is 16.5. The summed E-state index contributed by atoms with van der Waals surface area (Å²) in [5, 5.41) is 0. The second kappa shape index (κ2) is 7.02. The van der Waals surface area contributed by atoms with E-state index in [9.17, 15) is 4.79 Å². The summed E-state index contributed by atoms with van der Waals surface area (Å²) < 4.78 is 6.30. The van der Waals surface area contributed by atoms with Crippen molar-refractivity contribution in [1.82, 2.24) is 19.7 Å². The first-order chi connectivity index (χ1) is 12.2. The smallest absolute Gasteiger partial charge is 0.253 e. The van der Waals surface area contributed by atoms with Crippen molar-refractivity contribution in [1.29, 1.82) is 0 Å². The molecule has 0 N–H and O–H groups in total. The van der Waals surface area contributed by atoms with Crippen molar-refractivity contribution in [2.24, 2.45) is 0 Å². The van der Waals surface area contributed by atoms with Crippen molar-refractivity contribution < 1.29 is 9.53 Å². The van der Waals surface area contributed by atoms with Crippen LogP contribution in [-0.4, -0.2) is 90.2 Å². The van der Waals surface area contributed by atoms with Crippen LogP contribution in [0.5, 0.6) is 0 Å². The fraction of sp³-hybridized carbons (Fsp3) is 0.684. The highest BCUT2D eigenvalue weighted by molar-refractivity contribution is 5.94. The van der Waals surface area contributed by atoms with Crippen molar-refractivity contribution in [2.45, 2.75) is 30.9 Å². The van der Waals surface area contributed by atoms with Crippen LogP contribution < -0.4 is 0 Å². The number of carbonyl (C=O) groups is 1. The Balaban J connectivity index is 1.32. The summed E-state index contributed by atoms with van der Waals surface area (Å²) >= 11 is 0. The first-order valence-corrected chi connectivity index (χ1v) is 9.41. The van der Waals surface area contributed by atoms with E-state index < -0.39 is 0 Å². The van der Waals surface area contributed by atoms with Gasteiger partial charge < -0.3 is 14.5 Å². The van der Waals surface area contributed by atoms with E-state index in [0.29, 0.717) is 6.04 Å². The van der Waals surface area contributed by atoms with Gasteiger partial charge in [-0.1, -0.05) is 0 Å². The second-order valence-electron chi connectivity index (χ2n) is 7.72. The summed E-state index contributed by atoms with van der Waals surface area (Å²) in [4.78, 5) is 23.5. The topological polar surface area (TPSA) is 48.9 Å².